The molecule has 1 aromatic heterocycles. The maximum absolute atomic E-state index is 9.24. The quantitative estimate of drug-likeness (QED) is 0.931. The molecule has 0 spiro atoms. The SMILES string of the molecule is N#Cc1ncccc1COc1c(Cl)cccc1CO. The van der Waals surface area contributed by atoms with Crippen LogP contribution in [0.2, 0.25) is 5.02 Å². The summed E-state index contributed by atoms with van der Waals surface area (Å²) in [6.07, 6.45) is 1.55. The van der Waals surface area contributed by atoms with Crippen molar-refractivity contribution in [1.82, 2.24) is 4.98 Å². The predicted octanol–water partition coefficient (Wildman–Crippen LogP) is 2.68. The summed E-state index contributed by atoms with van der Waals surface area (Å²) < 4.78 is 5.60. The van der Waals surface area contributed by atoms with Crippen LogP contribution in [0.3, 0.4) is 0 Å². The molecule has 0 fully saturated rings. The molecule has 19 heavy (non-hydrogen) atoms. The van der Waals surface area contributed by atoms with Crippen LogP contribution in [0.15, 0.2) is 36.5 Å². The first-order chi connectivity index (χ1) is 9.26. The van der Waals surface area contributed by atoms with Crippen molar-refractivity contribution in [2.24, 2.45) is 0 Å². The third kappa shape index (κ3) is 3.02. The molecule has 2 aromatic rings. The summed E-state index contributed by atoms with van der Waals surface area (Å²) in [6.45, 7) is 0.0154. The minimum Gasteiger partial charge on any atom is -0.487 e. The number of rotatable bonds is 4. The van der Waals surface area contributed by atoms with Gasteiger partial charge in [0.1, 0.15) is 24.1 Å². The zero-order chi connectivity index (χ0) is 13.7. The Labute approximate surface area is 115 Å². The van der Waals surface area contributed by atoms with Crippen molar-refractivity contribution in [3.8, 4) is 11.8 Å². The van der Waals surface area contributed by atoms with Crippen LogP contribution < -0.4 is 4.74 Å². The molecule has 0 amide bonds. The van der Waals surface area contributed by atoms with E-state index in [-0.39, 0.29) is 13.2 Å². The van der Waals surface area contributed by atoms with E-state index in [0.717, 1.165) is 0 Å². The molecular formula is C14H11ClN2O2. The summed E-state index contributed by atoms with van der Waals surface area (Å²) in [6, 6.07) is 10.7. The van der Waals surface area contributed by atoms with Crippen molar-refractivity contribution in [3.63, 3.8) is 0 Å². The molecule has 1 N–H and O–H groups in total. The molecular weight excluding hydrogens is 264 g/mol. The van der Waals surface area contributed by atoms with Crippen molar-refractivity contribution in [2.75, 3.05) is 0 Å². The Morgan fingerprint density at radius 3 is 2.79 bits per heavy atom. The molecule has 0 aliphatic carbocycles. The van der Waals surface area contributed by atoms with Crippen LogP contribution in [0, 0.1) is 11.3 Å². The molecule has 96 valence electrons. The standard InChI is InChI=1S/C14H11ClN2O2/c15-12-5-1-3-10(8-18)14(12)19-9-11-4-2-6-17-13(11)7-16/h1-6,18H,8-9H2. The number of aliphatic hydroxyl groups is 1. The largest absolute Gasteiger partial charge is 0.487 e. The average Bonchev–Trinajstić information content (AvgIpc) is 2.46. The average molecular weight is 275 g/mol. The number of nitrogens with zero attached hydrogens (tertiary/aromatic N) is 2. The maximum Gasteiger partial charge on any atom is 0.147 e. The van der Waals surface area contributed by atoms with Gasteiger partial charge >= 0.3 is 0 Å². The molecule has 0 aliphatic rings. The van der Waals surface area contributed by atoms with Gasteiger partial charge in [-0.3, -0.25) is 0 Å². The van der Waals surface area contributed by atoms with Crippen LogP contribution in [0.25, 0.3) is 0 Å². The molecule has 2 rings (SSSR count). The Hall–Kier alpha value is -2.09. The maximum atomic E-state index is 9.24. The molecule has 1 heterocycles. The first-order valence-corrected chi connectivity index (χ1v) is 5.99. The lowest BCUT2D eigenvalue weighted by atomic mass is 10.2. The van der Waals surface area contributed by atoms with E-state index in [0.29, 0.717) is 27.6 Å². The molecule has 0 saturated heterocycles. The van der Waals surface area contributed by atoms with Gasteiger partial charge < -0.3 is 9.84 Å². The number of aliphatic hydroxyl groups excluding tert-OH is 1. The second-order valence-corrected chi connectivity index (χ2v) is 4.21. The number of benzene rings is 1. The van der Waals surface area contributed by atoms with Gasteiger partial charge in [0.05, 0.1) is 11.6 Å². The second-order valence-electron chi connectivity index (χ2n) is 3.80. The highest BCUT2D eigenvalue weighted by atomic mass is 35.5. The van der Waals surface area contributed by atoms with E-state index in [2.05, 4.69) is 4.98 Å². The molecule has 0 atom stereocenters. The zero-order valence-electron chi connectivity index (χ0n) is 10.0. The zero-order valence-corrected chi connectivity index (χ0v) is 10.8. The van der Waals surface area contributed by atoms with Gasteiger partial charge in [-0.1, -0.05) is 29.8 Å². The van der Waals surface area contributed by atoms with Gasteiger partial charge in [0.25, 0.3) is 0 Å². The summed E-state index contributed by atoms with van der Waals surface area (Å²) in [5.74, 6) is 0.430. The first-order valence-electron chi connectivity index (χ1n) is 5.61. The summed E-state index contributed by atoms with van der Waals surface area (Å²) in [7, 11) is 0. The Morgan fingerprint density at radius 1 is 1.26 bits per heavy atom. The molecule has 4 nitrogen and oxygen atoms in total. The number of pyridine rings is 1. The van der Waals surface area contributed by atoms with E-state index in [1.807, 2.05) is 6.07 Å². The van der Waals surface area contributed by atoms with Gasteiger partial charge in [0.15, 0.2) is 0 Å². The fraction of sp³-hybridized carbons (Fsp3) is 0.143. The fourth-order valence-corrected chi connectivity index (χ4v) is 1.89. The summed E-state index contributed by atoms with van der Waals surface area (Å²) >= 11 is 6.03. The van der Waals surface area contributed by atoms with Crippen molar-refractivity contribution in [2.45, 2.75) is 13.2 Å². The van der Waals surface area contributed by atoms with Crippen LogP contribution in [0.4, 0.5) is 0 Å². The number of hydrogen-bond acceptors (Lipinski definition) is 4. The van der Waals surface area contributed by atoms with Crippen LogP contribution in [-0.2, 0) is 13.2 Å². The minimum atomic E-state index is -0.159. The number of halogens is 1. The van der Waals surface area contributed by atoms with Gasteiger partial charge in [-0.15, -0.1) is 0 Å². The first kappa shape index (κ1) is 13.3. The smallest absolute Gasteiger partial charge is 0.147 e. The van der Waals surface area contributed by atoms with Crippen molar-refractivity contribution >= 4 is 11.6 Å². The van der Waals surface area contributed by atoms with E-state index >= 15 is 0 Å². The molecule has 5 heteroatoms. The fourth-order valence-electron chi connectivity index (χ4n) is 1.65. The number of ether oxygens (including phenoxy) is 1. The minimum absolute atomic E-state index is 0.159. The Kier molecular flexibility index (Phi) is 4.35. The lowest BCUT2D eigenvalue weighted by molar-refractivity contribution is 0.259. The van der Waals surface area contributed by atoms with Gasteiger partial charge in [-0.05, 0) is 12.1 Å². The normalized spacial score (nSPS) is 9.95. The van der Waals surface area contributed by atoms with Gasteiger partial charge in [0, 0.05) is 17.3 Å². The number of hydrogen-bond donors (Lipinski definition) is 1. The van der Waals surface area contributed by atoms with Crippen molar-refractivity contribution in [3.05, 3.63) is 58.4 Å². The third-order valence-electron chi connectivity index (χ3n) is 2.59. The molecule has 0 saturated carbocycles. The molecule has 0 aliphatic heterocycles. The van der Waals surface area contributed by atoms with Crippen molar-refractivity contribution < 1.29 is 9.84 Å². The van der Waals surface area contributed by atoms with E-state index < -0.39 is 0 Å². The second kappa shape index (κ2) is 6.19. The molecule has 1 aromatic carbocycles. The Bertz CT molecular complexity index is 623. The van der Waals surface area contributed by atoms with E-state index in [1.54, 1.807) is 36.5 Å². The highest BCUT2D eigenvalue weighted by Crippen LogP contribution is 2.29. The monoisotopic (exact) mass is 274 g/mol. The highest BCUT2D eigenvalue weighted by molar-refractivity contribution is 6.32. The Balaban J connectivity index is 2.22. The highest BCUT2D eigenvalue weighted by Gasteiger charge is 2.09. The topological polar surface area (TPSA) is 66.1 Å². The van der Waals surface area contributed by atoms with Crippen LogP contribution in [0.1, 0.15) is 16.8 Å². The predicted molar refractivity (Wildman–Crippen MR) is 70.7 cm³/mol. The summed E-state index contributed by atoms with van der Waals surface area (Å²) in [4.78, 5) is 3.95. The van der Waals surface area contributed by atoms with E-state index in [4.69, 9.17) is 21.6 Å². The summed E-state index contributed by atoms with van der Waals surface area (Å²) in [5, 5.41) is 18.6. The lowest BCUT2D eigenvalue weighted by Gasteiger charge is -2.12. The van der Waals surface area contributed by atoms with E-state index in [1.165, 1.54) is 0 Å². The summed E-state index contributed by atoms with van der Waals surface area (Å²) in [5.41, 5.74) is 1.60. The van der Waals surface area contributed by atoms with Crippen molar-refractivity contribution in [1.29, 1.82) is 5.26 Å². The van der Waals surface area contributed by atoms with Crippen LogP contribution >= 0.6 is 11.6 Å². The van der Waals surface area contributed by atoms with Gasteiger partial charge in [-0.25, -0.2) is 4.98 Å². The molecule has 0 bridgehead atoms. The number of aromatic nitrogens is 1. The van der Waals surface area contributed by atoms with Gasteiger partial charge in [-0.2, -0.15) is 5.26 Å². The number of para-hydroxylation sites is 1. The van der Waals surface area contributed by atoms with Crippen LogP contribution in [0.5, 0.6) is 5.75 Å². The third-order valence-corrected chi connectivity index (χ3v) is 2.89. The van der Waals surface area contributed by atoms with Gasteiger partial charge in [0.2, 0.25) is 0 Å². The molecule has 0 radical (unpaired) electrons. The van der Waals surface area contributed by atoms with E-state index in [9.17, 15) is 5.11 Å². The number of nitriles is 1. The molecule has 0 unspecified atom stereocenters. The Morgan fingerprint density at radius 2 is 2.05 bits per heavy atom. The van der Waals surface area contributed by atoms with Crippen LogP contribution in [-0.4, -0.2) is 10.1 Å². The lowest BCUT2D eigenvalue weighted by Crippen LogP contribution is -2.02.